The van der Waals surface area contributed by atoms with Crippen LogP contribution >= 0.6 is 0 Å². The lowest BCUT2D eigenvalue weighted by atomic mass is 10.0. The Morgan fingerprint density at radius 2 is 1.79 bits per heavy atom. The van der Waals surface area contributed by atoms with E-state index >= 15 is 0 Å². The zero-order valence-corrected chi connectivity index (χ0v) is 16.9. The van der Waals surface area contributed by atoms with Crippen LogP contribution in [0.5, 0.6) is 0 Å². The van der Waals surface area contributed by atoms with Crippen molar-refractivity contribution in [2.24, 2.45) is 0 Å². The number of benzene rings is 2. The average molecular weight is 414 g/mol. The van der Waals surface area contributed by atoms with Crippen molar-refractivity contribution in [2.75, 3.05) is 6.26 Å². The normalized spacial score (nSPS) is 13.8. The third kappa shape index (κ3) is 3.94. The van der Waals surface area contributed by atoms with E-state index in [0.717, 1.165) is 22.8 Å². The predicted octanol–water partition coefficient (Wildman–Crippen LogP) is 2.37. The molecule has 0 aliphatic heterocycles. The average Bonchev–Trinajstić information content (AvgIpc) is 2.72. The van der Waals surface area contributed by atoms with Crippen molar-refractivity contribution < 1.29 is 18.4 Å². The van der Waals surface area contributed by atoms with Gasteiger partial charge in [0.2, 0.25) is 0 Å². The molecule has 0 saturated heterocycles. The molecule has 1 amide bonds. The molecule has 0 spiro atoms. The van der Waals surface area contributed by atoms with Gasteiger partial charge in [0.05, 0.1) is 0 Å². The molecule has 1 unspecified atom stereocenters. The van der Waals surface area contributed by atoms with Crippen LogP contribution in [0, 0.1) is 0 Å². The van der Waals surface area contributed by atoms with Crippen molar-refractivity contribution >= 4 is 26.5 Å². The molecule has 3 rings (SSSR count). The number of carbonyl (C=O) groups is 1. The second kappa shape index (κ2) is 7.81. The molecule has 152 valence electrons. The lowest BCUT2D eigenvalue weighted by Crippen LogP contribution is -2.49. The van der Waals surface area contributed by atoms with Gasteiger partial charge >= 0.3 is 0 Å². The molecule has 0 aliphatic rings. The number of hydrogen-bond acceptors (Lipinski definition) is 5. The van der Waals surface area contributed by atoms with Crippen molar-refractivity contribution in [3.63, 3.8) is 0 Å². The summed E-state index contributed by atoms with van der Waals surface area (Å²) in [6.45, 7) is 1.23. The molecule has 7 nitrogen and oxygen atoms in total. The van der Waals surface area contributed by atoms with Crippen molar-refractivity contribution in [3.05, 3.63) is 71.1 Å². The van der Waals surface area contributed by atoms with Crippen molar-refractivity contribution in [2.45, 2.75) is 24.6 Å². The van der Waals surface area contributed by atoms with E-state index in [1.807, 2.05) is 42.5 Å². The summed E-state index contributed by atoms with van der Waals surface area (Å²) in [5.41, 5.74) is 3.16. The van der Waals surface area contributed by atoms with Gasteiger partial charge in [-0.25, -0.2) is 13.9 Å². The fourth-order valence-corrected chi connectivity index (χ4v) is 4.04. The Kier molecular flexibility index (Phi) is 5.59. The Morgan fingerprint density at radius 1 is 1.10 bits per heavy atom. The molecular formula is C21H22N2O5S. The van der Waals surface area contributed by atoms with Gasteiger partial charge in [-0.05, 0) is 48.1 Å². The van der Waals surface area contributed by atoms with Crippen LogP contribution in [0.4, 0.5) is 0 Å². The summed E-state index contributed by atoms with van der Waals surface area (Å²) in [7, 11) is -3.82. The lowest BCUT2D eigenvalue weighted by molar-refractivity contribution is -0.131. The van der Waals surface area contributed by atoms with Crippen LogP contribution in [0.25, 0.3) is 21.9 Å². The number of pyridine rings is 1. The number of aryl methyl sites for hydroxylation is 1. The summed E-state index contributed by atoms with van der Waals surface area (Å²) in [5.74, 6) is -1.03. The lowest BCUT2D eigenvalue weighted by Gasteiger charge is -2.25. The van der Waals surface area contributed by atoms with Gasteiger partial charge in [0.25, 0.3) is 11.5 Å². The van der Waals surface area contributed by atoms with E-state index < -0.39 is 20.5 Å². The van der Waals surface area contributed by atoms with Crippen LogP contribution in [0.3, 0.4) is 0 Å². The molecule has 1 aromatic heterocycles. The first-order valence-corrected chi connectivity index (χ1v) is 10.9. The molecule has 0 radical (unpaired) electrons. The highest BCUT2D eigenvalue weighted by atomic mass is 32.2. The largest absolute Gasteiger partial charge is 0.315 e. The molecule has 1 heterocycles. The summed E-state index contributed by atoms with van der Waals surface area (Å²) in [6, 6.07) is 17.1. The van der Waals surface area contributed by atoms with Gasteiger partial charge in [0, 0.05) is 24.4 Å². The number of nitrogens with zero attached hydrogens (tertiary/aromatic N) is 1. The van der Waals surface area contributed by atoms with Gasteiger partial charge in [0.1, 0.15) is 0 Å². The maximum atomic E-state index is 12.8. The third-order valence-electron chi connectivity index (χ3n) is 5.31. The topological polar surface area (TPSA) is 105 Å². The summed E-state index contributed by atoms with van der Waals surface area (Å²) < 4.78 is 23.7. The van der Waals surface area contributed by atoms with E-state index in [1.54, 1.807) is 18.3 Å². The zero-order valence-electron chi connectivity index (χ0n) is 16.1. The van der Waals surface area contributed by atoms with E-state index in [9.17, 15) is 18.0 Å². The highest BCUT2D eigenvalue weighted by molar-refractivity contribution is 7.92. The number of nitrogens with one attached hydrogen (secondary N) is 1. The van der Waals surface area contributed by atoms with Gasteiger partial charge in [-0.15, -0.1) is 0 Å². The summed E-state index contributed by atoms with van der Waals surface area (Å²) >= 11 is 0. The molecule has 3 aromatic rings. The Balaban J connectivity index is 1.94. The molecule has 29 heavy (non-hydrogen) atoms. The monoisotopic (exact) mass is 414 g/mol. The van der Waals surface area contributed by atoms with Gasteiger partial charge < -0.3 is 4.57 Å². The van der Waals surface area contributed by atoms with Gasteiger partial charge in [0.15, 0.2) is 14.6 Å². The van der Waals surface area contributed by atoms with Crippen LogP contribution in [0.2, 0.25) is 0 Å². The molecule has 0 fully saturated rings. The van der Waals surface area contributed by atoms with Crippen LogP contribution in [0.15, 0.2) is 65.6 Å². The minimum atomic E-state index is -3.82. The maximum absolute atomic E-state index is 12.8. The van der Waals surface area contributed by atoms with Crippen LogP contribution < -0.4 is 11.0 Å². The maximum Gasteiger partial charge on any atom is 0.264 e. The van der Waals surface area contributed by atoms with E-state index in [2.05, 4.69) is 0 Å². The van der Waals surface area contributed by atoms with Crippen LogP contribution in [0.1, 0.15) is 13.3 Å². The van der Waals surface area contributed by atoms with Crippen LogP contribution in [-0.4, -0.2) is 35.1 Å². The number of fused-ring (bicyclic) bond motifs is 1. The minimum absolute atomic E-state index is 0.00615. The SMILES string of the molecule is CC(CCn1ccc2cc(-c3ccccc3)ccc2c1=O)(C(=O)NO)S(C)(=O)=O. The smallest absolute Gasteiger partial charge is 0.264 e. The standard InChI is InChI=1S/C21H22N2O5S/c1-21(20(25)22-26,29(2,27)28)11-13-23-12-10-17-14-16(8-9-18(17)19(23)24)15-6-4-3-5-7-15/h3-10,12,14,26H,11,13H2,1-2H3,(H,22,25). The highest BCUT2D eigenvalue weighted by Gasteiger charge is 2.43. The number of hydrogen-bond donors (Lipinski definition) is 2. The molecule has 2 aromatic carbocycles. The van der Waals surface area contributed by atoms with Crippen molar-refractivity contribution in [1.29, 1.82) is 0 Å². The Labute approximate surface area is 168 Å². The van der Waals surface area contributed by atoms with Gasteiger partial charge in [-0.2, -0.15) is 0 Å². The Morgan fingerprint density at radius 3 is 2.41 bits per heavy atom. The van der Waals surface area contributed by atoms with Gasteiger partial charge in [-0.1, -0.05) is 36.4 Å². The first kappa shape index (κ1) is 20.8. The molecular weight excluding hydrogens is 392 g/mol. The van der Waals surface area contributed by atoms with E-state index in [-0.39, 0.29) is 18.5 Å². The minimum Gasteiger partial charge on any atom is -0.315 e. The summed E-state index contributed by atoms with van der Waals surface area (Å²) in [6.07, 6.45) is 2.35. The zero-order chi connectivity index (χ0) is 21.2. The summed E-state index contributed by atoms with van der Waals surface area (Å²) in [4.78, 5) is 24.8. The molecule has 0 saturated carbocycles. The van der Waals surface area contributed by atoms with E-state index in [0.29, 0.717) is 5.39 Å². The molecule has 0 bridgehead atoms. The number of aromatic nitrogens is 1. The van der Waals surface area contributed by atoms with Crippen molar-refractivity contribution in [1.82, 2.24) is 10.0 Å². The summed E-state index contributed by atoms with van der Waals surface area (Å²) in [5, 5.41) is 10.2. The Hall–Kier alpha value is -2.97. The van der Waals surface area contributed by atoms with Crippen LogP contribution in [-0.2, 0) is 21.2 Å². The van der Waals surface area contributed by atoms with Crippen molar-refractivity contribution in [3.8, 4) is 11.1 Å². The van der Waals surface area contributed by atoms with E-state index in [1.165, 1.54) is 17.0 Å². The number of sulfone groups is 1. The molecule has 0 aliphatic carbocycles. The number of amides is 1. The predicted molar refractivity (Wildman–Crippen MR) is 111 cm³/mol. The third-order valence-corrected chi connectivity index (χ3v) is 7.34. The number of rotatable bonds is 6. The first-order valence-electron chi connectivity index (χ1n) is 9.00. The van der Waals surface area contributed by atoms with E-state index in [4.69, 9.17) is 5.21 Å². The molecule has 1 atom stereocenters. The Bertz CT molecular complexity index is 1220. The van der Waals surface area contributed by atoms with Gasteiger partial charge in [-0.3, -0.25) is 14.8 Å². The highest BCUT2D eigenvalue weighted by Crippen LogP contribution is 2.24. The molecule has 8 heteroatoms. The second-order valence-corrected chi connectivity index (χ2v) is 9.62. The second-order valence-electron chi connectivity index (χ2n) is 7.18. The fraction of sp³-hybridized carbons (Fsp3) is 0.238. The number of hydroxylamine groups is 1. The quantitative estimate of drug-likeness (QED) is 0.476. The molecule has 2 N–H and O–H groups in total. The number of carbonyl (C=O) groups excluding carboxylic acids is 1. The first-order chi connectivity index (χ1) is 13.7. The fourth-order valence-electron chi connectivity index (χ4n) is 3.19.